The fraction of sp³-hybridized carbons (Fsp3) is 0.318. The van der Waals surface area contributed by atoms with Crippen LogP contribution in [0.1, 0.15) is 59.4 Å². The second kappa shape index (κ2) is 8.69. The molecule has 3 aromatic rings. The third-order valence-corrected chi connectivity index (χ3v) is 4.80. The number of aromatic nitrogens is 2. The maximum absolute atomic E-state index is 12.9. The second-order valence-corrected chi connectivity index (χ2v) is 6.93. The molecule has 28 heavy (non-hydrogen) atoms. The molecule has 0 aliphatic rings. The highest BCUT2D eigenvalue weighted by atomic mass is 16.2. The Morgan fingerprint density at radius 1 is 1.14 bits per heavy atom. The van der Waals surface area contributed by atoms with Crippen LogP contribution in [0.5, 0.6) is 0 Å². The molecule has 0 aliphatic carbocycles. The van der Waals surface area contributed by atoms with Crippen LogP contribution in [0.2, 0.25) is 0 Å². The Hall–Kier alpha value is -3.15. The molecule has 0 radical (unpaired) electrons. The SMILES string of the molecule is CCCCN(C)C(=O)c1nc(C(=O)NC(C)c2ccccc2)n2ccccc12. The van der Waals surface area contributed by atoms with Crippen LogP contribution in [-0.2, 0) is 0 Å². The van der Waals surface area contributed by atoms with Gasteiger partial charge < -0.3 is 10.2 Å². The summed E-state index contributed by atoms with van der Waals surface area (Å²) in [7, 11) is 1.77. The number of unbranched alkanes of at least 4 members (excludes halogenated alkanes) is 1. The molecule has 2 heterocycles. The fourth-order valence-corrected chi connectivity index (χ4v) is 3.12. The van der Waals surface area contributed by atoms with Gasteiger partial charge in [-0.1, -0.05) is 49.7 Å². The van der Waals surface area contributed by atoms with Crippen molar-refractivity contribution in [1.29, 1.82) is 0 Å². The van der Waals surface area contributed by atoms with E-state index in [0.717, 1.165) is 18.4 Å². The molecule has 1 atom stereocenters. The number of amides is 2. The third-order valence-electron chi connectivity index (χ3n) is 4.80. The monoisotopic (exact) mass is 378 g/mol. The summed E-state index contributed by atoms with van der Waals surface area (Å²) in [6.07, 6.45) is 3.69. The highest BCUT2D eigenvalue weighted by Gasteiger charge is 2.24. The molecule has 0 bridgehead atoms. The number of nitrogens with one attached hydrogen (secondary N) is 1. The van der Waals surface area contributed by atoms with Crippen molar-refractivity contribution in [2.75, 3.05) is 13.6 Å². The summed E-state index contributed by atoms with van der Waals surface area (Å²) in [5.41, 5.74) is 1.94. The number of nitrogens with zero attached hydrogens (tertiary/aromatic N) is 3. The lowest BCUT2D eigenvalue weighted by molar-refractivity contribution is 0.0790. The van der Waals surface area contributed by atoms with Gasteiger partial charge in [0.15, 0.2) is 5.69 Å². The highest BCUT2D eigenvalue weighted by molar-refractivity contribution is 6.02. The molecule has 1 unspecified atom stereocenters. The Bertz CT molecular complexity index is 965. The first-order valence-electron chi connectivity index (χ1n) is 9.61. The van der Waals surface area contributed by atoms with Crippen LogP contribution in [0.3, 0.4) is 0 Å². The van der Waals surface area contributed by atoms with Gasteiger partial charge in [0.1, 0.15) is 0 Å². The number of carbonyl (C=O) groups excluding carboxylic acids is 2. The third kappa shape index (κ3) is 4.06. The van der Waals surface area contributed by atoms with Gasteiger partial charge in [-0.3, -0.25) is 14.0 Å². The van der Waals surface area contributed by atoms with E-state index >= 15 is 0 Å². The number of hydrogen-bond donors (Lipinski definition) is 1. The van der Waals surface area contributed by atoms with Gasteiger partial charge in [0.2, 0.25) is 5.82 Å². The van der Waals surface area contributed by atoms with Gasteiger partial charge in [0.25, 0.3) is 11.8 Å². The zero-order valence-corrected chi connectivity index (χ0v) is 16.6. The number of rotatable bonds is 7. The molecule has 2 amide bonds. The van der Waals surface area contributed by atoms with Crippen LogP contribution >= 0.6 is 0 Å². The Kier molecular flexibility index (Phi) is 6.09. The minimum Gasteiger partial charge on any atom is -0.343 e. The molecule has 0 fully saturated rings. The highest BCUT2D eigenvalue weighted by Crippen LogP contribution is 2.17. The van der Waals surface area contributed by atoms with Gasteiger partial charge in [0.05, 0.1) is 11.6 Å². The fourth-order valence-electron chi connectivity index (χ4n) is 3.12. The van der Waals surface area contributed by atoms with Gasteiger partial charge in [-0.2, -0.15) is 0 Å². The predicted molar refractivity (Wildman–Crippen MR) is 109 cm³/mol. The van der Waals surface area contributed by atoms with E-state index in [-0.39, 0.29) is 23.7 Å². The zero-order valence-electron chi connectivity index (χ0n) is 16.6. The van der Waals surface area contributed by atoms with Crippen LogP contribution in [-0.4, -0.2) is 39.7 Å². The average molecular weight is 378 g/mol. The molecule has 1 N–H and O–H groups in total. The Morgan fingerprint density at radius 2 is 1.86 bits per heavy atom. The first kappa shape index (κ1) is 19.6. The van der Waals surface area contributed by atoms with Crippen molar-refractivity contribution < 1.29 is 9.59 Å². The van der Waals surface area contributed by atoms with E-state index in [1.807, 2.05) is 55.5 Å². The van der Waals surface area contributed by atoms with E-state index in [4.69, 9.17) is 0 Å². The molecule has 6 heteroatoms. The number of fused-ring (bicyclic) bond motifs is 1. The Morgan fingerprint density at radius 3 is 2.57 bits per heavy atom. The zero-order chi connectivity index (χ0) is 20.1. The van der Waals surface area contributed by atoms with Crippen molar-refractivity contribution in [3.05, 3.63) is 71.8 Å². The molecule has 6 nitrogen and oxygen atoms in total. The topological polar surface area (TPSA) is 66.7 Å². The quantitative estimate of drug-likeness (QED) is 0.682. The van der Waals surface area contributed by atoms with E-state index in [0.29, 0.717) is 17.8 Å². The van der Waals surface area contributed by atoms with Crippen LogP contribution in [0.25, 0.3) is 5.52 Å². The van der Waals surface area contributed by atoms with E-state index in [2.05, 4.69) is 17.2 Å². The maximum Gasteiger partial charge on any atom is 0.288 e. The summed E-state index contributed by atoms with van der Waals surface area (Å²) in [4.78, 5) is 31.8. The molecule has 146 valence electrons. The second-order valence-electron chi connectivity index (χ2n) is 6.93. The molecular weight excluding hydrogens is 352 g/mol. The number of pyridine rings is 1. The van der Waals surface area contributed by atoms with Gasteiger partial charge >= 0.3 is 0 Å². The molecule has 3 rings (SSSR count). The minimum absolute atomic E-state index is 0.170. The van der Waals surface area contributed by atoms with Crippen molar-refractivity contribution >= 4 is 17.3 Å². The van der Waals surface area contributed by atoms with Crippen LogP contribution in [0.15, 0.2) is 54.7 Å². The summed E-state index contributed by atoms with van der Waals surface area (Å²) < 4.78 is 1.67. The summed E-state index contributed by atoms with van der Waals surface area (Å²) in [6.45, 7) is 4.67. The van der Waals surface area contributed by atoms with Gasteiger partial charge in [-0.15, -0.1) is 0 Å². The molecule has 0 aliphatic heterocycles. The first-order valence-corrected chi connectivity index (χ1v) is 9.61. The van der Waals surface area contributed by atoms with Gasteiger partial charge in [0, 0.05) is 19.8 Å². The smallest absolute Gasteiger partial charge is 0.288 e. The standard InChI is InChI=1S/C22H26N4O2/c1-4-5-14-25(3)22(28)19-18-13-9-10-15-26(18)20(24-19)21(27)23-16(2)17-11-7-6-8-12-17/h6-13,15-16H,4-5,14H2,1-3H3,(H,23,27). The lowest BCUT2D eigenvalue weighted by atomic mass is 10.1. The average Bonchev–Trinajstić information content (AvgIpc) is 3.11. The number of benzene rings is 1. The number of imidazole rings is 1. The van der Waals surface area contributed by atoms with Crippen LogP contribution in [0.4, 0.5) is 0 Å². The van der Waals surface area contributed by atoms with Crippen molar-refractivity contribution in [3.63, 3.8) is 0 Å². The summed E-state index contributed by atoms with van der Waals surface area (Å²) in [5, 5.41) is 2.97. The summed E-state index contributed by atoms with van der Waals surface area (Å²) in [5.74, 6) is -0.272. The number of carbonyl (C=O) groups is 2. The van der Waals surface area contributed by atoms with Crippen molar-refractivity contribution in [2.24, 2.45) is 0 Å². The Balaban J connectivity index is 1.89. The first-order chi connectivity index (χ1) is 13.5. The van der Waals surface area contributed by atoms with E-state index in [9.17, 15) is 9.59 Å². The predicted octanol–water partition coefficient (Wildman–Crippen LogP) is 3.70. The largest absolute Gasteiger partial charge is 0.343 e. The molecule has 0 saturated carbocycles. The van der Waals surface area contributed by atoms with Crippen molar-refractivity contribution in [3.8, 4) is 0 Å². The van der Waals surface area contributed by atoms with E-state index < -0.39 is 0 Å². The number of hydrogen-bond acceptors (Lipinski definition) is 3. The maximum atomic E-state index is 12.9. The van der Waals surface area contributed by atoms with E-state index in [1.54, 1.807) is 22.5 Å². The van der Waals surface area contributed by atoms with E-state index in [1.165, 1.54) is 0 Å². The molecule has 2 aromatic heterocycles. The van der Waals surface area contributed by atoms with Crippen molar-refractivity contribution in [1.82, 2.24) is 19.6 Å². The summed E-state index contributed by atoms with van der Waals surface area (Å²) >= 11 is 0. The van der Waals surface area contributed by atoms with Gasteiger partial charge in [-0.05, 0) is 31.0 Å². The van der Waals surface area contributed by atoms with Crippen molar-refractivity contribution in [2.45, 2.75) is 32.7 Å². The van der Waals surface area contributed by atoms with Crippen LogP contribution < -0.4 is 5.32 Å². The molecular formula is C22H26N4O2. The molecule has 1 aromatic carbocycles. The lowest BCUT2D eigenvalue weighted by Gasteiger charge is -2.15. The Labute approximate surface area is 165 Å². The summed E-state index contributed by atoms with van der Waals surface area (Å²) in [6, 6.07) is 15.0. The molecule has 0 spiro atoms. The van der Waals surface area contributed by atoms with Crippen LogP contribution in [0, 0.1) is 0 Å². The molecule has 0 saturated heterocycles. The minimum atomic E-state index is -0.312. The normalized spacial score (nSPS) is 12.0. The van der Waals surface area contributed by atoms with Gasteiger partial charge in [-0.25, -0.2) is 4.98 Å². The lowest BCUT2D eigenvalue weighted by Crippen LogP contribution is -2.29.